The highest BCUT2D eigenvalue weighted by Crippen LogP contribution is 2.23. The van der Waals surface area contributed by atoms with Gasteiger partial charge in [0.15, 0.2) is 6.29 Å². The monoisotopic (exact) mass is 998 g/mol. The Morgan fingerprint density at radius 1 is 0.507 bits per heavy atom. The zero-order valence-corrected chi connectivity index (χ0v) is 45.7. The molecule has 0 aromatic heterocycles. The van der Waals surface area contributed by atoms with Crippen LogP contribution < -0.4 is 5.32 Å². The number of hydrogen-bond donors (Lipinski definition) is 6. The van der Waals surface area contributed by atoms with Crippen molar-refractivity contribution in [2.45, 2.75) is 301 Å². The van der Waals surface area contributed by atoms with Gasteiger partial charge in [-0.15, -0.1) is 0 Å². The lowest BCUT2D eigenvalue weighted by atomic mass is 9.99. The molecule has 7 unspecified atom stereocenters. The average molecular weight is 999 g/mol. The lowest BCUT2D eigenvalue weighted by Crippen LogP contribution is -2.60. The van der Waals surface area contributed by atoms with Crippen molar-refractivity contribution in [3.05, 3.63) is 72.9 Å². The smallest absolute Gasteiger partial charge is 0.220 e. The first kappa shape index (κ1) is 66.6. The number of carbonyl (C=O) groups excluding carboxylic acids is 1. The van der Waals surface area contributed by atoms with Crippen molar-refractivity contribution in [1.29, 1.82) is 0 Å². The van der Waals surface area contributed by atoms with Gasteiger partial charge in [0.2, 0.25) is 5.91 Å². The highest BCUT2D eigenvalue weighted by atomic mass is 16.7. The number of allylic oxidation sites excluding steroid dienone is 11. The summed E-state index contributed by atoms with van der Waals surface area (Å²) in [5.41, 5.74) is 0. The van der Waals surface area contributed by atoms with Gasteiger partial charge in [0.05, 0.1) is 25.4 Å². The fraction of sp³-hybridized carbons (Fsp3) is 0.790. The number of unbranched alkanes of at least 4 members (excludes halogenated alkanes) is 31. The van der Waals surface area contributed by atoms with E-state index < -0.39 is 49.5 Å². The maximum atomic E-state index is 13.0. The summed E-state index contributed by atoms with van der Waals surface area (Å²) in [6, 6.07) is -0.827. The topological polar surface area (TPSA) is 149 Å². The third-order valence-electron chi connectivity index (χ3n) is 13.8. The first-order valence-electron chi connectivity index (χ1n) is 29.6. The standard InChI is InChI=1S/C62H111NO8/c1-3-5-7-9-11-13-14-15-16-17-18-19-20-21-22-23-24-25-26-27-28-29-30-31-32-33-34-35-36-37-38-39-40-41-42-44-46-48-50-52-58(66)63-55(56(65)51-49-47-45-43-12-10-8-6-4-2)54-70-62-61(69)60(68)59(67)57(53-64)71-62/h4,6,12,14-15,17-18,20-21,43,49,51,55-57,59-62,64-65,67-69H,3,5,7-11,13,16,19,22-42,44-48,50,52-54H2,1-2H3,(H,63,66)/b6-4+,15-14-,18-17-,21-20-,43-12+,51-49+. The summed E-state index contributed by atoms with van der Waals surface area (Å²) in [5, 5.41) is 54.1. The fourth-order valence-corrected chi connectivity index (χ4v) is 9.15. The number of amides is 1. The van der Waals surface area contributed by atoms with E-state index in [-0.39, 0.29) is 12.5 Å². The molecule has 9 nitrogen and oxygen atoms in total. The Balaban J connectivity index is 2.00. The quantitative estimate of drug-likeness (QED) is 0.0261. The average Bonchev–Trinajstić information content (AvgIpc) is 3.37. The van der Waals surface area contributed by atoms with Crippen molar-refractivity contribution < 1.29 is 39.8 Å². The second-order valence-electron chi connectivity index (χ2n) is 20.4. The molecule has 0 spiro atoms. The summed E-state index contributed by atoms with van der Waals surface area (Å²) in [7, 11) is 0. The molecule has 1 heterocycles. The number of carbonyl (C=O) groups is 1. The zero-order chi connectivity index (χ0) is 51.5. The number of hydrogen-bond acceptors (Lipinski definition) is 8. The van der Waals surface area contributed by atoms with Gasteiger partial charge in [0.25, 0.3) is 0 Å². The lowest BCUT2D eigenvalue weighted by Gasteiger charge is -2.40. The number of aliphatic hydroxyl groups excluding tert-OH is 5. The predicted molar refractivity (Wildman–Crippen MR) is 299 cm³/mol. The van der Waals surface area contributed by atoms with Crippen LogP contribution in [0.4, 0.5) is 0 Å². The molecule has 0 aromatic carbocycles. The van der Waals surface area contributed by atoms with Crippen LogP contribution in [-0.2, 0) is 14.3 Å². The van der Waals surface area contributed by atoms with Gasteiger partial charge < -0.3 is 40.3 Å². The Morgan fingerprint density at radius 3 is 1.35 bits per heavy atom. The van der Waals surface area contributed by atoms with Crippen LogP contribution in [0.2, 0.25) is 0 Å². The van der Waals surface area contributed by atoms with Crippen molar-refractivity contribution in [1.82, 2.24) is 5.32 Å². The Hall–Kier alpha value is -2.37. The molecule has 0 bridgehead atoms. The van der Waals surface area contributed by atoms with E-state index in [1.165, 1.54) is 180 Å². The second kappa shape index (κ2) is 51.1. The lowest BCUT2D eigenvalue weighted by molar-refractivity contribution is -0.302. The van der Waals surface area contributed by atoms with Crippen LogP contribution in [0.1, 0.15) is 258 Å². The predicted octanol–water partition coefficient (Wildman–Crippen LogP) is 14.8. The summed E-state index contributed by atoms with van der Waals surface area (Å²) in [6.07, 6.45) is 64.7. The minimum Gasteiger partial charge on any atom is -0.394 e. The fourth-order valence-electron chi connectivity index (χ4n) is 9.15. The van der Waals surface area contributed by atoms with Crippen LogP contribution in [0.3, 0.4) is 0 Å². The second-order valence-corrected chi connectivity index (χ2v) is 20.4. The molecule has 1 aliphatic rings. The molecule has 0 aromatic rings. The molecule has 0 saturated carbocycles. The molecule has 412 valence electrons. The van der Waals surface area contributed by atoms with Crippen LogP contribution in [-0.4, -0.2) is 87.5 Å². The SMILES string of the molecule is C/C=C/CC/C=C/CC/C=C/C(O)C(COC1OC(CO)C(O)C(O)C1O)NC(=O)CCCCCCCCCCCCCCCCCCCCCCCCCC/C=C\C/C=C\C/C=C\CCCCCCC. The van der Waals surface area contributed by atoms with E-state index in [2.05, 4.69) is 66.9 Å². The van der Waals surface area contributed by atoms with E-state index >= 15 is 0 Å². The van der Waals surface area contributed by atoms with Gasteiger partial charge >= 0.3 is 0 Å². The summed E-state index contributed by atoms with van der Waals surface area (Å²) in [5.74, 6) is -0.192. The molecule has 1 amide bonds. The molecule has 1 aliphatic heterocycles. The molecule has 6 N–H and O–H groups in total. The van der Waals surface area contributed by atoms with Crippen LogP contribution >= 0.6 is 0 Å². The highest BCUT2D eigenvalue weighted by Gasteiger charge is 2.44. The third-order valence-corrected chi connectivity index (χ3v) is 13.8. The zero-order valence-electron chi connectivity index (χ0n) is 45.7. The van der Waals surface area contributed by atoms with Crippen LogP contribution in [0.5, 0.6) is 0 Å². The molecule has 7 atom stereocenters. The summed E-state index contributed by atoms with van der Waals surface area (Å²) < 4.78 is 11.2. The summed E-state index contributed by atoms with van der Waals surface area (Å²) >= 11 is 0. The number of rotatable bonds is 50. The molecular weight excluding hydrogens is 887 g/mol. The molecule has 1 fully saturated rings. The highest BCUT2D eigenvalue weighted by molar-refractivity contribution is 5.76. The largest absolute Gasteiger partial charge is 0.394 e. The molecule has 9 heteroatoms. The van der Waals surface area contributed by atoms with Gasteiger partial charge in [-0.25, -0.2) is 0 Å². The minimum absolute atomic E-state index is 0.192. The molecule has 1 rings (SSSR count). The van der Waals surface area contributed by atoms with Crippen molar-refractivity contribution in [3.63, 3.8) is 0 Å². The Labute approximate surface area is 436 Å². The van der Waals surface area contributed by atoms with Gasteiger partial charge in [-0.05, 0) is 77.6 Å². The first-order chi connectivity index (χ1) is 34.8. The van der Waals surface area contributed by atoms with Gasteiger partial charge in [0, 0.05) is 6.42 Å². The molecule has 71 heavy (non-hydrogen) atoms. The van der Waals surface area contributed by atoms with Crippen molar-refractivity contribution in [2.75, 3.05) is 13.2 Å². The minimum atomic E-state index is -1.57. The van der Waals surface area contributed by atoms with E-state index in [0.717, 1.165) is 57.8 Å². The Kier molecular flexibility index (Phi) is 48.0. The van der Waals surface area contributed by atoms with E-state index in [4.69, 9.17) is 9.47 Å². The van der Waals surface area contributed by atoms with E-state index in [1.54, 1.807) is 6.08 Å². The molecule has 0 radical (unpaired) electrons. The maximum absolute atomic E-state index is 13.0. The number of nitrogens with one attached hydrogen (secondary N) is 1. The van der Waals surface area contributed by atoms with Crippen molar-refractivity contribution in [3.8, 4) is 0 Å². The third kappa shape index (κ3) is 40.7. The van der Waals surface area contributed by atoms with Crippen LogP contribution in [0.25, 0.3) is 0 Å². The maximum Gasteiger partial charge on any atom is 0.220 e. The molecule has 1 saturated heterocycles. The van der Waals surface area contributed by atoms with Gasteiger partial charge in [-0.1, -0.05) is 247 Å². The van der Waals surface area contributed by atoms with E-state index in [0.29, 0.717) is 6.42 Å². The number of aliphatic hydroxyl groups is 5. The van der Waals surface area contributed by atoms with Gasteiger partial charge in [-0.3, -0.25) is 4.79 Å². The van der Waals surface area contributed by atoms with Crippen molar-refractivity contribution >= 4 is 5.91 Å². The van der Waals surface area contributed by atoms with Gasteiger partial charge in [-0.2, -0.15) is 0 Å². The van der Waals surface area contributed by atoms with E-state index in [1.807, 2.05) is 19.1 Å². The summed E-state index contributed by atoms with van der Waals surface area (Å²) in [6.45, 7) is 3.51. The Bertz CT molecular complexity index is 1340. The molecule has 0 aliphatic carbocycles. The normalized spacial score (nSPS) is 19.8. The van der Waals surface area contributed by atoms with Crippen molar-refractivity contribution in [2.24, 2.45) is 0 Å². The molecular formula is C62H111NO8. The summed E-state index contributed by atoms with van der Waals surface area (Å²) in [4.78, 5) is 13.0. The number of ether oxygens (including phenoxy) is 2. The van der Waals surface area contributed by atoms with Crippen LogP contribution in [0.15, 0.2) is 72.9 Å². The van der Waals surface area contributed by atoms with E-state index in [9.17, 15) is 30.3 Å². The Morgan fingerprint density at radius 2 is 0.901 bits per heavy atom. The van der Waals surface area contributed by atoms with Crippen LogP contribution in [0, 0.1) is 0 Å². The van der Waals surface area contributed by atoms with Gasteiger partial charge in [0.1, 0.15) is 24.4 Å². The first-order valence-corrected chi connectivity index (χ1v) is 29.6.